The standard InChI is InChI=1S/C21H17BrN2O7/c1-11-7-13(4-5-15(11)22)24-20(28)14(19(27)23-21(24)29)8-12-3-6-16(17(9-12)30-2)31-10-18(25)26/h3-9H,10H2,1-2H3,(H,25,26)(H,23,27,29)/b14-8+. The number of urea groups is 1. The van der Waals surface area contributed by atoms with Gasteiger partial charge in [-0.3, -0.25) is 14.9 Å². The summed E-state index contributed by atoms with van der Waals surface area (Å²) in [6.45, 7) is 1.25. The van der Waals surface area contributed by atoms with Crippen LogP contribution in [0.2, 0.25) is 0 Å². The summed E-state index contributed by atoms with van der Waals surface area (Å²) < 4.78 is 11.1. The van der Waals surface area contributed by atoms with Gasteiger partial charge >= 0.3 is 12.0 Å². The zero-order valence-electron chi connectivity index (χ0n) is 16.5. The number of carbonyl (C=O) groups is 4. The van der Waals surface area contributed by atoms with Gasteiger partial charge in [-0.05, 0) is 54.5 Å². The van der Waals surface area contributed by atoms with Crippen molar-refractivity contribution in [1.82, 2.24) is 5.32 Å². The average molecular weight is 489 g/mol. The van der Waals surface area contributed by atoms with E-state index < -0.39 is 30.4 Å². The quantitative estimate of drug-likeness (QED) is 0.473. The molecule has 2 aromatic carbocycles. The number of nitrogens with zero attached hydrogens (tertiary/aromatic N) is 1. The van der Waals surface area contributed by atoms with Gasteiger partial charge < -0.3 is 14.6 Å². The van der Waals surface area contributed by atoms with E-state index in [9.17, 15) is 19.2 Å². The van der Waals surface area contributed by atoms with E-state index in [4.69, 9.17) is 14.6 Å². The van der Waals surface area contributed by atoms with Gasteiger partial charge in [-0.2, -0.15) is 0 Å². The fourth-order valence-corrected chi connectivity index (χ4v) is 3.11. The van der Waals surface area contributed by atoms with Crippen molar-refractivity contribution in [2.75, 3.05) is 18.6 Å². The van der Waals surface area contributed by atoms with E-state index >= 15 is 0 Å². The summed E-state index contributed by atoms with van der Waals surface area (Å²) in [4.78, 5) is 49.2. The highest BCUT2D eigenvalue weighted by molar-refractivity contribution is 9.10. The number of ether oxygens (including phenoxy) is 2. The third kappa shape index (κ3) is 4.75. The first-order chi connectivity index (χ1) is 14.7. The molecule has 10 heteroatoms. The van der Waals surface area contributed by atoms with Crippen molar-refractivity contribution in [1.29, 1.82) is 0 Å². The van der Waals surface area contributed by atoms with E-state index in [2.05, 4.69) is 21.2 Å². The molecule has 0 unspecified atom stereocenters. The second-order valence-electron chi connectivity index (χ2n) is 6.48. The number of carbonyl (C=O) groups excluding carboxylic acids is 3. The Morgan fingerprint density at radius 3 is 2.55 bits per heavy atom. The van der Waals surface area contributed by atoms with Gasteiger partial charge in [0.2, 0.25) is 0 Å². The van der Waals surface area contributed by atoms with E-state index in [-0.39, 0.29) is 17.1 Å². The number of aryl methyl sites for hydroxylation is 1. The molecule has 1 heterocycles. The van der Waals surface area contributed by atoms with E-state index in [1.165, 1.54) is 31.4 Å². The number of halogens is 1. The maximum Gasteiger partial charge on any atom is 0.341 e. The van der Waals surface area contributed by atoms with E-state index in [1.54, 1.807) is 18.2 Å². The molecule has 2 aromatic rings. The zero-order valence-corrected chi connectivity index (χ0v) is 18.1. The van der Waals surface area contributed by atoms with Crippen LogP contribution in [-0.2, 0) is 14.4 Å². The fraction of sp³-hybridized carbons (Fsp3) is 0.143. The molecule has 0 radical (unpaired) electrons. The second kappa shape index (κ2) is 9.00. The molecule has 0 aromatic heterocycles. The van der Waals surface area contributed by atoms with Crippen LogP contribution in [0.3, 0.4) is 0 Å². The first-order valence-corrected chi connectivity index (χ1v) is 9.71. The Morgan fingerprint density at radius 2 is 1.90 bits per heavy atom. The number of rotatable bonds is 6. The summed E-state index contributed by atoms with van der Waals surface area (Å²) in [5.74, 6) is -2.35. The van der Waals surface area contributed by atoms with Crippen molar-refractivity contribution < 1.29 is 33.8 Å². The van der Waals surface area contributed by atoms with Crippen LogP contribution in [0.15, 0.2) is 46.4 Å². The predicted octanol–water partition coefficient (Wildman–Crippen LogP) is 2.90. The van der Waals surface area contributed by atoms with Crippen molar-refractivity contribution in [3.05, 3.63) is 57.6 Å². The highest BCUT2D eigenvalue weighted by Gasteiger charge is 2.37. The van der Waals surface area contributed by atoms with Crippen LogP contribution >= 0.6 is 15.9 Å². The van der Waals surface area contributed by atoms with Gasteiger partial charge in [0.1, 0.15) is 5.57 Å². The van der Waals surface area contributed by atoms with Crippen LogP contribution in [0.5, 0.6) is 11.5 Å². The summed E-state index contributed by atoms with van der Waals surface area (Å²) in [7, 11) is 1.37. The number of anilines is 1. The number of carboxylic acid groups (broad SMARTS) is 1. The number of nitrogens with one attached hydrogen (secondary N) is 1. The third-order valence-electron chi connectivity index (χ3n) is 4.35. The molecule has 1 fully saturated rings. The minimum Gasteiger partial charge on any atom is -0.493 e. The van der Waals surface area contributed by atoms with E-state index in [0.717, 1.165) is 14.9 Å². The molecule has 0 saturated carbocycles. The lowest BCUT2D eigenvalue weighted by Gasteiger charge is -2.26. The maximum atomic E-state index is 13.0. The van der Waals surface area contributed by atoms with Crippen LogP contribution in [0.4, 0.5) is 10.5 Å². The first kappa shape index (κ1) is 22.0. The minimum absolute atomic E-state index is 0.189. The highest BCUT2D eigenvalue weighted by atomic mass is 79.9. The lowest BCUT2D eigenvalue weighted by molar-refractivity contribution is -0.139. The van der Waals surface area contributed by atoms with Gasteiger partial charge in [-0.15, -0.1) is 0 Å². The van der Waals surface area contributed by atoms with E-state index in [0.29, 0.717) is 11.3 Å². The molecule has 4 amide bonds. The fourth-order valence-electron chi connectivity index (χ4n) is 2.86. The molecule has 160 valence electrons. The van der Waals surface area contributed by atoms with Crippen molar-refractivity contribution in [2.45, 2.75) is 6.92 Å². The Balaban J connectivity index is 1.96. The van der Waals surface area contributed by atoms with Crippen LogP contribution in [0.25, 0.3) is 6.08 Å². The van der Waals surface area contributed by atoms with Crippen molar-refractivity contribution in [3.63, 3.8) is 0 Å². The summed E-state index contributed by atoms with van der Waals surface area (Å²) >= 11 is 3.36. The molecule has 31 heavy (non-hydrogen) atoms. The number of barbiturate groups is 1. The van der Waals surface area contributed by atoms with Crippen molar-refractivity contribution in [3.8, 4) is 11.5 Å². The minimum atomic E-state index is -1.15. The molecule has 1 saturated heterocycles. The average Bonchev–Trinajstić information content (AvgIpc) is 2.72. The Morgan fingerprint density at radius 1 is 1.16 bits per heavy atom. The van der Waals surface area contributed by atoms with E-state index in [1.807, 2.05) is 6.92 Å². The number of amides is 4. The Hall–Kier alpha value is -3.66. The van der Waals surface area contributed by atoms with Crippen molar-refractivity contribution in [2.24, 2.45) is 0 Å². The zero-order chi connectivity index (χ0) is 22.7. The second-order valence-corrected chi connectivity index (χ2v) is 7.34. The molecule has 9 nitrogen and oxygen atoms in total. The van der Waals surface area contributed by atoms with Crippen molar-refractivity contribution >= 4 is 51.5 Å². The first-order valence-electron chi connectivity index (χ1n) is 8.91. The summed E-state index contributed by atoms with van der Waals surface area (Å²) in [5, 5.41) is 10.9. The van der Waals surface area contributed by atoms with Gasteiger partial charge in [0.05, 0.1) is 12.8 Å². The smallest absolute Gasteiger partial charge is 0.341 e. The summed E-state index contributed by atoms with van der Waals surface area (Å²) in [6, 6.07) is 8.55. The Kier molecular flexibility index (Phi) is 6.40. The number of aliphatic carboxylic acids is 1. The molecule has 1 aliphatic heterocycles. The molecular formula is C21H17BrN2O7. The number of carboxylic acids is 1. The van der Waals surface area contributed by atoms with Gasteiger partial charge in [-0.1, -0.05) is 22.0 Å². The highest BCUT2D eigenvalue weighted by Crippen LogP contribution is 2.30. The summed E-state index contributed by atoms with van der Waals surface area (Å²) in [5.41, 5.74) is 1.29. The number of methoxy groups -OCH3 is 1. The lowest BCUT2D eigenvalue weighted by atomic mass is 10.1. The third-order valence-corrected chi connectivity index (χ3v) is 5.24. The van der Waals surface area contributed by atoms with Crippen LogP contribution in [-0.4, -0.2) is 42.6 Å². The molecule has 1 aliphatic rings. The van der Waals surface area contributed by atoms with Gasteiger partial charge in [-0.25, -0.2) is 14.5 Å². The maximum absolute atomic E-state index is 13.0. The monoisotopic (exact) mass is 488 g/mol. The molecule has 0 bridgehead atoms. The SMILES string of the molecule is COc1cc(/C=C2\C(=O)NC(=O)N(c3ccc(Br)c(C)c3)C2=O)ccc1OCC(=O)O. The predicted molar refractivity (Wildman–Crippen MR) is 114 cm³/mol. The Labute approximate surface area is 185 Å². The molecule has 2 N–H and O–H groups in total. The topological polar surface area (TPSA) is 122 Å². The molecule has 0 atom stereocenters. The normalized spacial score (nSPS) is 15.1. The molecule has 3 rings (SSSR count). The lowest BCUT2D eigenvalue weighted by Crippen LogP contribution is -2.54. The van der Waals surface area contributed by atoms with Gasteiger partial charge in [0, 0.05) is 4.47 Å². The largest absolute Gasteiger partial charge is 0.493 e. The molecule has 0 aliphatic carbocycles. The molecule has 0 spiro atoms. The number of benzene rings is 2. The molecular weight excluding hydrogens is 472 g/mol. The van der Waals surface area contributed by atoms with Gasteiger partial charge in [0.25, 0.3) is 11.8 Å². The number of hydrogen-bond donors (Lipinski definition) is 2. The van der Waals surface area contributed by atoms with Crippen LogP contribution in [0.1, 0.15) is 11.1 Å². The number of hydrogen-bond acceptors (Lipinski definition) is 6. The van der Waals surface area contributed by atoms with Crippen LogP contribution < -0.4 is 19.7 Å². The van der Waals surface area contributed by atoms with Gasteiger partial charge in [0.15, 0.2) is 18.1 Å². The van der Waals surface area contributed by atoms with Crippen LogP contribution in [0, 0.1) is 6.92 Å². The summed E-state index contributed by atoms with van der Waals surface area (Å²) in [6.07, 6.45) is 1.31. The number of imide groups is 2. The Bertz CT molecular complexity index is 1130.